The lowest BCUT2D eigenvalue weighted by molar-refractivity contribution is 0.408. The van der Waals surface area contributed by atoms with E-state index < -0.39 is 0 Å². The van der Waals surface area contributed by atoms with Gasteiger partial charge in [0, 0.05) is 5.39 Å². The molecule has 0 amide bonds. The van der Waals surface area contributed by atoms with E-state index >= 15 is 0 Å². The number of fused-ring (bicyclic) bond motifs is 1. The first-order chi connectivity index (χ1) is 7.06. The molecule has 0 radical (unpaired) electrons. The zero-order chi connectivity index (χ0) is 10.9. The summed E-state index contributed by atoms with van der Waals surface area (Å²) in [5.74, 6) is 0. The van der Waals surface area contributed by atoms with Gasteiger partial charge in [0.2, 0.25) is 0 Å². The van der Waals surface area contributed by atoms with E-state index in [0.29, 0.717) is 0 Å². The Labute approximate surface area is 90.4 Å². The van der Waals surface area contributed by atoms with Crippen LogP contribution in [0.25, 0.3) is 10.9 Å². The smallest absolute Gasteiger partial charge is 0.116 e. The minimum Gasteiger partial charge on any atom is -0.241 e. The molecule has 1 aromatic heterocycles. The molecule has 0 spiro atoms. The summed E-state index contributed by atoms with van der Waals surface area (Å²) < 4.78 is 0. The number of nitrogens with zero attached hydrogens (tertiary/aromatic N) is 2. The van der Waals surface area contributed by atoms with E-state index in [0.717, 1.165) is 17.6 Å². The Morgan fingerprint density at radius 3 is 2.53 bits per heavy atom. The van der Waals surface area contributed by atoms with Gasteiger partial charge in [0.05, 0.1) is 11.2 Å². The topological polar surface area (TPSA) is 25.8 Å². The molecule has 0 unspecified atom stereocenters. The van der Waals surface area contributed by atoms with Gasteiger partial charge in [-0.25, -0.2) is 9.97 Å². The quantitative estimate of drug-likeness (QED) is 0.706. The van der Waals surface area contributed by atoms with Crippen LogP contribution in [0.15, 0.2) is 30.6 Å². The summed E-state index contributed by atoms with van der Waals surface area (Å²) in [6, 6.07) is 8.17. The van der Waals surface area contributed by atoms with Crippen molar-refractivity contribution >= 4 is 10.9 Å². The molecule has 0 aliphatic heterocycles. The Morgan fingerprint density at radius 2 is 1.80 bits per heavy atom. The van der Waals surface area contributed by atoms with Crippen molar-refractivity contribution in [3.8, 4) is 0 Å². The Hall–Kier alpha value is -1.44. The second kappa shape index (κ2) is 3.61. The molecule has 0 fully saturated rings. The van der Waals surface area contributed by atoms with Gasteiger partial charge in [-0.05, 0) is 17.9 Å². The fourth-order valence-corrected chi connectivity index (χ4v) is 1.70. The molecule has 1 aromatic carbocycles. The van der Waals surface area contributed by atoms with Gasteiger partial charge in [-0.3, -0.25) is 0 Å². The van der Waals surface area contributed by atoms with Crippen molar-refractivity contribution in [3.05, 3.63) is 36.3 Å². The predicted octanol–water partition coefficient (Wildman–Crippen LogP) is 3.22. The third-order valence-corrected chi connectivity index (χ3v) is 2.32. The number of para-hydroxylation sites is 1. The maximum Gasteiger partial charge on any atom is 0.116 e. The summed E-state index contributed by atoms with van der Waals surface area (Å²) in [6.45, 7) is 6.68. The first-order valence-corrected chi connectivity index (χ1v) is 5.25. The van der Waals surface area contributed by atoms with Gasteiger partial charge < -0.3 is 0 Å². The second-order valence-electron chi connectivity index (χ2n) is 5.07. The fourth-order valence-electron chi connectivity index (χ4n) is 1.70. The summed E-state index contributed by atoms with van der Waals surface area (Å²) in [6.07, 6.45) is 2.64. The Balaban J connectivity index is 2.52. The summed E-state index contributed by atoms with van der Waals surface area (Å²) in [5.41, 5.74) is 2.44. The van der Waals surface area contributed by atoms with E-state index in [-0.39, 0.29) is 5.41 Å². The molecule has 0 aliphatic carbocycles. The zero-order valence-corrected chi connectivity index (χ0v) is 9.49. The predicted molar refractivity (Wildman–Crippen MR) is 62.7 cm³/mol. The zero-order valence-electron chi connectivity index (χ0n) is 9.49. The second-order valence-corrected chi connectivity index (χ2v) is 5.07. The molecule has 0 atom stereocenters. The first kappa shape index (κ1) is 10.1. The van der Waals surface area contributed by atoms with E-state index in [9.17, 15) is 0 Å². The molecule has 0 saturated heterocycles. The SMILES string of the molecule is CC(C)(C)Cc1ncnc2ccccc12. The summed E-state index contributed by atoms with van der Waals surface area (Å²) in [7, 11) is 0. The van der Waals surface area contributed by atoms with Crippen molar-refractivity contribution in [2.24, 2.45) is 5.41 Å². The van der Waals surface area contributed by atoms with E-state index in [1.807, 2.05) is 18.2 Å². The highest BCUT2D eigenvalue weighted by Gasteiger charge is 2.14. The minimum atomic E-state index is 0.261. The normalized spacial score (nSPS) is 11.9. The lowest BCUT2D eigenvalue weighted by Crippen LogP contribution is -2.11. The molecule has 0 bridgehead atoms. The van der Waals surface area contributed by atoms with Crippen LogP contribution in [-0.4, -0.2) is 9.97 Å². The van der Waals surface area contributed by atoms with Crippen LogP contribution in [0, 0.1) is 5.41 Å². The number of rotatable bonds is 1. The molecule has 2 aromatic rings. The molecule has 2 heteroatoms. The largest absolute Gasteiger partial charge is 0.241 e. The van der Waals surface area contributed by atoms with Crippen LogP contribution in [0.1, 0.15) is 26.5 Å². The van der Waals surface area contributed by atoms with Gasteiger partial charge in [0.15, 0.2) is 0 Å². The maximum atomic E-state index is 4.38. The van der Waals surface area contributed by atoms with Crippen LogP contribution >= 0.6 is 0 Å². The van der Waals surface area contributed by atoms with Crippen molar-refractivity contribution in [3.63, 3.8) is 0 Å². The van der Waals surface area contributed by atoms with Crippen LogP contribution in [0.3, 0.4) is 0 Å². The molecule has 0 N–H and O–H groups in total. The Morgan fingerprint density at radius 1 is 1.07 bits per heavy atom. The van der Waals surface area contributed by atoms with E-state index in [1.165, 1.54) is 5.39 Å². The van der Waals surface area contributed by atoms with E-state index in [2.05, 4.69) is 36.8 Å². The van der Waals surface area contributed by atoms with Gasteiger partial charge >= 0.3 is 0 Å². The summed E-state index contributed by atoms with van der Waals surface area (Å²) in [4.78, 5) is 8.64. The molecule has 0 aliphatic rings. The summed E-state index contributed by atoms with van der Waals surface area (Å²) in [5, 5.41) is 1.18. The fraction of sp³-hybridized carbons (Fsp3) is 0.385. The van der Waals surface area contributed by atoms with Gasteiger partial charge in [0.25, 0.3) is 0 Å². The highest BCUT2D eigenvalue weighted by Crippen LogP contribution is 2.23. The number of benzene rings is 1. The van der Waals surface area contributed by atoms with Gasteiger partial charge in [-0.15, -0.1) is 0 Å². The number of hydrogen-bond donors (Lipinski definition) is 0. The van der Waals surface area contributed by atoms with Gasteiger partial charge in [-0.1, -0.05) is 39.0 Å². The Kier molecular flexibility index (Phi) is 2.43. The van der Waals surface area contributed by atoms with E-state index in [1.54, 1.807) is 6.33 Å². The van der Waals surface area contributed by atoms with Crippen LogP contribution in [0.4, 0.5) is 0 Å². The van der Waals surface area contributed by atoms with E-state index in [4.69, 9.17) is 0 Å². The lowest BCUT2D eigenvalue weighted by atomic mass is 9.89. The molecular weight excluding hydrogens is 184 g/mol. The Bertz CT molecular complexity index is 464. The van der Waals surface area contributed by atoms with Gasteiger partial charge in [-0.2, -0.15) is 0 Å². The maximum absolute atomic E-state index is 4.38. The number of hydrogen-bond acceptors (Lipinski definition) is 2. The third-order valence-electron chi connectivity index (χ3n) is 2.32. The van der Waals surface area contributed by atoms with Crippen molar-refractivity contribution in [2.75, 3.05) is 0 Å². The van der Waals surface area contributed by atoms with Crippen molar-refractivity contribution in [1.82, 2.24) is 9.97 Å². The number of aromatic nitrogens is 2. The van der Waals surface area contributed by atoms with Gasteiger partial charge in [0.1, 0.15) is 6.33 Å². The highest BCUT2D eigenvalue weighted by atomic mass is 14.8. The monoisotopic (exact) mass is 200 g/mol. The molecule has 15 heavy (non-hydrogen) atoms. The minimum absolute atomic E-state index is 0.261. The molecular formula is C13H16N2. The average Bonchev–Trinajstić information content (AvgIpc) is 2.16. The molecule has 0 saturated carbocycles. The highest BCUT2D eigenvalue weighted by molar-refractivity contribution is 5.80. The first-order valence-electron chi connectivity index (χ1n) is 5.25. The van der Waals surface area contributed by atoms with Crippen LogP contribution in [0.2, 0.25) is 0 Å². The van der Waals surface area contributed by atoms with Crippen LogP contribution in [0.5, 0.6) is 0 Å². The van der Waals surface area contributed by atoms with Crippen molar-refractivity contribution < 1.29 is 0 Å². The molecule has 2 rings (SSSR count). The molecule has 78 valence electrons. The standard InChI is InChI=1S/C13H16N2/c1-13(2,3)8-12-10-6-4-5-7-11(10)14-9-15-12/h4-7,9H,8H2,1-3H3. The third kappa shape index (κ3) is 2.32. The molecule has 1 heterocycles. The van der Waals surface area contributed by atoms with Crippen molar-refractivity contribution in [1.29, 1.82) is 0 Å². The average molecular weight is 200 g/mol. The molecule has 2 nitrogen and oxygen atoms in total. The van der Waals surface area contributed by atoms with Crippen LogP contribution in [-0.2, 0) is 6.42 Å². The van der Waals surface area contributed by atoms with Crippen LogP contribution < -0.4 is 0 Å². The summed E-state index contributed by atoms with van der Waals surface area (Å²) >= 11 is 0. The lowest BCUT2D eigenvalue weighted by Gasteiger charge is -2.18. The van der Waals surface area contributed by atoms with Crippen molar-refractivity contribution in [2.45, 2.75) is 27.2 Å².